The van der Waals surface area contributed by atoms with Crippen molar-refractivity contribution in [3.8, 4) is 11.1 Å². The molecule has 0 aliphatic carbocycles. The third-order valence-corrected chi connectivity index (χ3v) is 9.67. The number of halogens is 1. The average Bonchev–Trinajstić information content (AvgIpc) is 3.10. The van der Waals surface area contributed by atoms with Gasteiger partial charge in [0, 0.05) is 17.5 Å². The van der Waals surface area contributed by atoms with E-state index in [9.17, 15) is 39.5 Å². The fourth-order valence-electron chi connectivity index (χ4n) is 6.75. The molecule has 1 aliphatic rings. The van der Waals surface area contributed by atoms with Crippen molar-refractivity contribution in [2.24, 2.45) is 17.8 Å². The van der Waals surface area contributed by atoms with Crippen molar-refractivity contribution < 1.29 is 39.5 Å². The Hall–Kier alpha value is -4.41. The van der Waals surface area contributed by atoms with Gasteiger partial charge in [-0.2, -0.15) is 0 Å². The maximum Gasteiger partial charge on any atom is 0.332 e. The van der Waals surface area contributed by atoms with Gasteiger partial charge in [0.15, 0.2) is 6.10 Å². The van der Waals surface area contributed by atoms with Crippen LogP contribution in [-0.4, -0.2) is 49.6 Å². The summed E-state index contributed by atoms with van der Waals surface area (Å²) in [7, 11) is 0. The summed E-state index contributed by atoms with van der Waals surface area (Å²) < 4.78 is 13.4. The predicted molar refractivity (Wildman–Crippen MR) is 180 cm³/mol. The first-order valence-electron chi connectivity index (χ1n) is 16.3. The summed E-state index contributed by atoms with van der Waals surface area (Å²) in [5.41, 5.74) is 4.56. The largest absolute Gasteiger partial charge is 0.479 e. The minimum Gasteiger partial charge on any atom is -0.479 e. The fraction of sp³-hybridized carbons (Fsp3) is 0.333. The number of benzene rings is 4. The minimum absolute atomic E-state index is 0.0267. The molecule has 9 heteroatoms. The standard InChI is InChI=1S/C39H42FNO7/c1-3-31(35(43)23(2)36(44)39(47)48)37(45)28-9-7-8-27(22-28)24-12-14-26(15-13-24)34-32(38(46)41(34)30-10-5-4-6-11-30)20-21-33(42)25-16-18-29(40)19-17-25/h4-19,22-23,31-37,42-45H,3,20-21H2,1-2H3,(H,47,48)/t23-,31?,32+,33-,34+,35-,36+,37-/m0/s1. The van der Waals surface area contributed by atoms with Crippen LogP contribution in [0.25, 0.3) is 11.1 Å². The molecule has 1 amide bonds. The monoisotopic (exact) mass is 655 g/mol. The van der Waals surface area contributed by atoms with Gasteiger partial charge in [-0.15, -0.1) is 0 Å². The number of nitrogens with zero attached hydrogens (tertiary/aromatic N) is 1. The van der Waals surface area contributed by atoms with Gasteiger partial charge in [-0.3, -0.25) is 4.79 Å². The van der Waals surface area contributed by atoms with E-state index in [1.165, 1.54) is 19.1 Å². The van der Waals surface area contributed by atoms with E-state index in [0.29, 0.717) is 30.4 Å². The van der Waals surface area contributed by atoms with Gasteiger partial charge in [-0.1, -0.05) is 86.6 Å². The Morgan fingerprint density at radius 2 is 1.50 bits per heavy atom. The molecule has 0 radical (unpaired) electrons. The number of aliphatic carboxylic acids is 1. The fourth-order valence-corrected chi connectivity index (χ4v) is 6.75. The van der Waals surface area contributed by atoms with Crippen molar-refractivity contribution in [2.45, 2.75) is 63.6 Å². The third-order valence-electron chi connectivity index (χ3n) is 9.67. The molecule has 4 aromatic carbocycles. The van der Waals surface area contributed by atoms with Gasteiger partial charge in [0.25, 0.3) is 0 Å². The lowest BCUT2D eigenvalue weighted by Gasteiger charge is -2.48. The zero-order chi connectivity index (χ0) is 34.5. The Balaban J connectivity index is 1.35. The normalized spacial score (nSPS) is 19.9. The van der Waals surface area contributed by atoms with Crippen LogP contribution in [0.2, 0.25) is 0 Å². The van der Waals surface area contributed by atoms with Gasteiger partial charge in [0.2, 0.25) is 5.91 Å². The topological polar surface area (TPSA) is 139 Å². The SMILES string of the molecule is CCC([C@@H](O)[C@H](C)[C@@H](O)C(=O)O)[C@@H](O)c1cccc(-c2ccc([C@@H]3[C@@H](CC[C@H](O)c4ccc(F)cc4)C(=O)N3c3ccccc3)cc2)c1. The van der Waals surface area contributed by atoms with Crippen molar-refractivity contribution in [3.63, 3.8) is 0 Å². The lowest BCUT2D eigenvalue weighted by Crippen LogP contribution is -2.55. The van der Waals surface area contributed by atoms with Crippen LogP contribution in [-0.2, 0) is 9.59 Å². The van der Waals surface area contributed by atoms with Crippen LogP contribution < -0.4 is 4.90 Å². The Morgan fingerprint density at radius 3 is 2.12 bits per heavy atom. The predicted octanol–water partition coefficient (Wildman–Crippen LogP) is 6.21. The maximum atomic E-state index is 13.5. The molecule has 0 saturated carbocycles. The number of para-hydroxylation sites is 1. The number of carboxylic acids is 1. The first-order valence-corrected chi connectivity index (χ1v) is 16.3. The van der Waals surface area contributed by atoms with Crippen molar-refractivity contribution >= 4 is 17.6 Å². The highest BCUT2D eigenvalue weighted by Gasteiger charge is 2.48. The molecule has 252 valence electrons. The molecular formula is C39H42FNO7. The van der Waals surface area contributed by atoms with Gasteiger partial charge in [-0.25, -0.2) is 9.18 Å². The minimum atomic E-state index is -1.76. The number of carboxylic acid groups (broad SMARTS) is 1. The van der Waals surface area contributed by atoms with Crippen molar-refractivity contribution in [1.82, 2.24) is 0 Å². The Kier molecular flexibility index (Phi) is 11.1. The molecule has 4 aromatic rings. The maximum absolute atomic E-state index is 13.5. The molecular weight excluding hydrogens is 613 g/mol. The molecule has 5 rings (SSSR count). The van der Waals surface area contributed by atoms with Crippen LogP contribution in [0, 0.1) is 23.6 Å². The lowest BCUT2D eigenvalue weighted by molar-refractivity contribution is -0.154. The summed E-state index contributed by atoms with van der Waals surface area (Å²) in [4.78, 5) is 26.5. The van der Waals surface area contributed by atoms with Gasteiger partial charge in [0.05, 0.1) is 30.3 Å². The summed E-state index contributed by atoms with van der Waals surface area (Å²) in [5.74, 6) is -3.88. The van der Waals surface area contributed by atoms with Gasteiger partial charge in [0.1, 0.15) is 5.82 Å². The molecule has 0 bridgehead atoms. The summed E-state index contributed by atoms with van der Waals surface area (Å²) >= 11 is 0. The van der Waals surface area contributed by atoms with E-state index in [4.69, 9.17) is 0 Å². The molecule has 1 unspecified atom stereocenters. The summed E-state index contributed by atoms with van der Waals surface area (Å²) in [6.45, 7) is 3.24. The molecule has 1 aliphatic heterocycles. The van der Waals surface area contributed by atoms with Crippen molar-refractivity contribution in [3.05, 3.63) is 126 Å². The van der Waals surface area contributed by atoms with Crippen molar-refractivity contribution in [2.75, 3.05) is 4.90 Å². The van der Waals surface area contributed by atoms with Crippen LogP contribution in [0.15, 0.2) is 103 Å². The quantitative estimate of drug-likeness (QED) is 0.102. The molecule has 1 saturated heterocycles. The summed E-state index contributed by atoms with van der Waals surface area (Å²) in [6.07, 6.45) is -3.78. The average molecular weight is 656 g/mol. The van der Waals surface area contributed by atoms with E-state index in [1.54, 1.807) is 36.1 Å². The second-order valence-electron chi connectivity index (χ2n) is 12.6. The number of β-lactam (4-membered cyclic amide) rings is 1. The van der Waals surface area contributed by atoms with Crippen LogP contribution in [0.1, 0.15) is 68.1 Å². The zero-order valence-corrected chi connectivity index (χ0v) is 26.9. The molecule has 1 fully saturated rings. The number of rotatable bonds is 14. The van der Waals surface area contributed by atoms with E-state index >= 15 is 0 Å². The van der Waals surface area contributed by atoms with Gasteiger partial charge < -0.3 is 30.4 Å². The van der Waals surface area contributed by atoms with E-state index < -0.39 is 42.2 Å². The third kappa shape index (κ3) is 7.34. The number of hydrogen-bond donors (Lipinski definition) is 5. The van der Waals surface area contributed by atoms with Crippen LogP contribution >= 0.6 is 0 Å². The van der Waals surface area contributed by atoms with E-state index in [1.807, 2.05) is 66.7 Å². The highest BCUT2D eigenvalue weighted by Crippen LogP contribution is 2.46. The van der Waals surface area contributed by atoms with E-state index in [2.05, 4.69) is 0 Å². The van der Waals surface area contributed by atoms with Crippen LogP contribution in [0.4, 0.5) is 10.1 Å². The zero-order valence-electron chi connectivity index (χ0n) is 26.9. The Labute approximate surface area is 279 Å². The van der Waals surface area contributed by atoms with Crippen LogP contribution in [0.3, 0.4) is 0 Å². The molecule has 0 spiro atoms. The number of anilines is 1. The number of hydrogen-bond acceptors (Lipinski definition) is 6. The number of carbonyl (C=O) groups excluding carboxylic acids is 1. The van der Waals surface area contributed by atoms with E-state index in [0.717, 1.165) is 22.4 Å². The highest BCUT2D eigenvalue weighted by atomic mass is 19.1. The lowest BCUT2D eigenvalue weighted by atomic mass is 9.78. The molecule has 5 N–H and O–H groups in total. The first-order chi connectivity index (χ1) is 23.0. The number of carbonyl (C=O) groups is 2. The highest BCUT2D eigenvalue weighted by molar-refractivity contribution is 6.03. The molecule has 1 heterocycles. The number of aliphatic hydroxyl groups is 4. The second-order valence-corrected chi connectivity index (χ2v) is 12.6. The smallest absolute Gasteiger partial charge is 0.332 e. The van der Waals surface area contributed by atoms with E-state index in [-0.39, 0.29) is 23.7 Å². The summed E-state index contributed by atoms with van der Waals surface area (Å²) in [6, 6.07) is 30.1. The summed E-state index contributed by atoms with van der Waals surface area (Å²) in [5, 5.41) is 52.0. The molecule has 48 heavy (non-hydrogen) atoms. The number of aliphatic hydroxyl groups excluding tert-OH is 4. The Bertz CT molecular complexity index is 1680. The van der Waals surface area contributed by atoms with Crippen molar-refractivity contribution in [1.29, 1.82) is 0 Å². The first kappa shape index (κ1) is 34.9. The van der Waals surface area contributed by atoms with Gasteiger partial charge >= 0.3 is 5.97 Å². The molecule has 0 aromatic heterocycles. The van der Waals surface area contributed by atoms with Crippen LogP contribution in [0.5, 0.6) is 0 Å². The molecule has 8 atom stereocenters. The molecule has 8 nitrogen and oxygen atoms in total. The number of amides is 1. The second kappa shape index (κ2) is 15.2. The van der Waals surface area contributed by atoms with Gasteiger partial charge in [-0.05, 0) is 77.4 Å². The Morgan fingerprint density at radius 1 is 0.833 bits per heavy atom.